The molecular weight excluding hydrogens is 819 g/mol. The molecule has 10 nitrogen and oxygen atoms in total. The van der Waals surface area contributed by atoms with Gasteiger partial charge in [0.15, 0.2) is 0 Å². The average Bonchev–Trinajstić information content (AvgIpc) is 3.74. The molecule has 1 aliphatic heterocycles. The number of hydrogen-bond acceptors (Lipinski definition) is 9. The number of unbranched alkanes of at least 4 members (excludes halogenated alkanes) is 23. The SMILES string of the molecule is CCCCCCCCC(CCCCCC)C(=O)O.CCCCCCCCC(CCCCCC)C(=O)OCCCCCCN(CCCCO)CCCCCCC(=O)OC1CCC(COC)O1. The Balaban J connectivity index is 0.00000190. The molecule has 0 radical (unpaired) electrons. The third-order valence-electron chi connectivity index (χ3n) is 13.1. The van der Waals surface area contributed by atoms with Crippen LogP contribution in [0.5, 0.6) is 0 Å². The van der Waals surface area contributed by atoms with Gasteiger partial charge in [-0.05, 0) is 90.3 Å². The van der Waals surface area contributed by atoms with Crippen molar-refractivity contribution >= 4 is 17.9 Å². The second-order valence-electron chi connectivity index (χ2n) is 19.3. The van der Waals surface area contributed by atoms with Crippen molar-refractivity contribution in [2.45, 2.75) is 278 Å². The average molecular weight is 926 g/mol. The van der Waals surface area contributed by atoms with E-state index in [-0.39, 0.29) is 36.5 Å². The third-order valence-corrected chi connectivity index (χ3v) is 13.1. The first-order chi connectivity index (χ1) is 31.8. The number of carbonyl (C=O) groups excluding carboxylic acids is 2. The Morgan fingerprint density at radius 2 is 0.985 bits per heavy atom. The fourth-order valence-electron chi connectivity index (χ4n) is 8.84. The van der Waals surface area contributed by atoms with Gasteiger partial charge in [-0.25, -0.2) is 0 Å². The van der Waals surface area contributed by atoms with Crippen LogP contribution in [0.4, 0.5) is 0 Å². The number of aliphatic hydroxyl groups excluding tert-OH is 1. The van der Waals surface area contributed by atoms with Crippen molar-refractivity contribution in [3.05, 3.63) is 0 Å². The summed E-state index contributed by atoms with van der Waals surface area (Å²) in [4.78, 5) is 38.7. The number of ether oxygens (including phenoxy) is 4. The first-order valence-electron chi connectivity index (χ1n) is 27.8. The molecule has 0 aliphatic carbocycles. The Morgan fingerprint density at radius 1 is 0.554 bits per heavy atom. The fourth-order valence-corrected chi connectivity index (χ4v) is 8.84. The number of nitrogens with zero attached hydrogens (tertiary/aromatic N) is 1. The molecule has 2 N–H and O–H groups in total. The largest absolute Gasteiger partial charge is 0.481 e. The van der Waals surface area contributed by atoms with E-state index in [1.54, 1.807) is 7.11 Å². The maximum absolute atomic E-state index is 12.9. The molecule has 4 unspecified atom stereocenters. The summed E-state index contributed by atoms with van der Waals surface area (Å²) in [6.45, 7) is 13.4. The van der Waals surface area contributed by atoms with E-state index in [0.29, 0.717) is 19.6 Å². The van der Waals surface area contributed by atoms with Crippen LogP contribution in [0.15, 0.2) is 0 Å². The van der Waals surface area contributed by atoms with E-state index in [4.69, 9.17) is 18.9 Å². The highest BCUT2D eigenvalue weighted by Crippen LogP contribution is 2.23. The second kappa shape index (κ2) is 48.7. The number of methoxy groups -OCH3 is 1. The minimum absolute atomic E-state index is 0.0324. The molecule has 0 spiro atoms. The second-order valence-corrected chi connectivity index (χ2v) is 19.3. The van der Waals surface area contributed by atoms with Gasteiger partial charge < -0.3 is 34.1 Å². The molecule has 65 heavy (non-hydrogen) atoms. The van der Waals surface area contributed by atoms with Crippen LogP contribution in [0, 0.1) is 11.8 Å². The van der Waals surface area contributed by atoms with E-state index in [0.717, 1.165) is 148 Å². The maximum atomic E-state index is 12.9. The summed E-state index contributed by atoms with van der Waals surface area (Å²) in [7, 11) is 1.66. The quantitative estimate of drug-likeness (QED) is 0.0449. The van der Waals surface area contributed by atoms with Gasteiger partial charge in [-0.15, -0.1) is 0 Å². The molecular formula is C55H107NO9. The monoisotopic (exact) mass is 926 g/mol. The summed E-state index contributed by atoms with van der Waals surface area (Å²) in [5.74, 6) is -0.710. The Kier molecular flexibility index (Phi) is 47.4. The zero-order chi connectivity index (χ0) is 47.9. The molecule has 1 heterocycles. The van der Waals surface area contributed by atoms with Crippen LogP contribution in [0.2, 0.25) is 0 Å². The van der Waals surface area contributed by atoms with Gasteiger partial charge in [0.05, 0.1) is 31.2 Å². The van der Waals surface area contributed by atoms with Crippen LogP contribution in [-0.2, 0) is 33.3 Å². The number of hydrogen-bond donors (Lipinski definition) is 2. The fraction of sp³-hybridized carbons (Fsp3) is 0.945. The zero-order valence-corrected chi connectivity index (χ0v) is 43.4. The lowest BCUT2D eigenvalue weighted by Gasteiger charge is -2.22. The molecule has 1 saturated heterocycles. The zero-order valence-electron chi connectivity index (χ0n) is 43.4. The summed E-state index contributed by atoms with van der Waals surface area (Å²) < 4.78 is 22.1. The number of esters is 2. The normalized spacial score (nSPS) is 15.7. The molecule has 1 fully saturated rings. The molecule has 0 bridgehead atoms. The lowest BCUT2D eigenvalue weighted by Crippen LogP contribution is -2.27. The summed E-state index contributed by atoms with van der Waals surface area (Å²) >= 11 is 0. The Morgan fingerprint density at radius 3 is 1.48 bits per heavy atom. The van der Waals surface area contributed by atoms with Crippen LogP contribution < -0.4 is 0 Å². The molecule has 0 aromatic rings. The highest BCUT2D eigenvalue weighted by molar-refractivity contribution is 5.72. The van der Waals surface area contributed by atoms with Crippen LogP contribution in [0.25, 0.3) is 0 Å². The predicted molar refractivity (Wildman–Crippen MR) is 269 cm³/mol. The van der Waals surface area contributed by atoms with E-state index < -0.39 is 12.3 Å². The third kappa shape index (κ3) is 41.0. The van der Waals surface area contributed by atoms with Gasteiger partial charge in [-0.2, -0.15) is 0 Å². The van der Waals surface area contributed by atoms with Gasteiger partial charge in [-0.3, -0.25) is 14.4 Å². The van der Waals surface area contributed by atoms with Crippen molar-refractivity contribution in [3.8, 4) is 0 Å². The van der Waals surface area contributed by atoms with Crippen LogP contribution in [0.3, 0.4) is 0 Å². The van der Waals surface area contributed by atoms with E-state index in [1.807, 2.05) is 0 Å². The van der Waals surface area contributed by atoms with E-state index in [2.05, 4.69) is 32.6 Å². The molecule has 4 atom stereocenters. The Hall–Kier alpha value is -1.75. The van der Waals surface area contributed by atoms with Crippen LogP contribution in [0.1, 0.15) is 265 Å². The van der Waals surface area contributed by atoms with Gasteiger partial charge in [0.1, 0.15) is 0 Å². The molecule has 0 aromatic heterocycles. The number of carbonyl (C=O) groups is 3. The van der Waals surface area contributed by atoms with E-state index in [1.165, 1.54) is 103 Å². The van der Waals surface area contributed by atoms with Gasteiger partial charge in [0, 0.05) is 26.6 Å². The van der Waals surface area contributed by atoms with Gasteiger partial charge in [0.2, 0.25) is 6.29 Å². The highest BCUT2D eigenvalue weighted by atomic mass is 16.7. The topological polar surface area (TPSA) is 132 Å². The van der Waals surface area contributed by atoms with Crippen LogP contribution in [-0.4, -0.2) is 92.0 Å². The molecule has 1 rings (SSSR count). The summed E-state index contributed by atoms with van der Waals surface area (Å²) in [5.41, 5.74) is 0. The van der Waals surface area contributed by atoms with Crippen LogP contribution >= 0.6 is 0 Å². The Bertz CT molecular complexity index is 1040. The molecule has 386 valence electrons. The number of carboxylic acids is 1. The van der Waals surface area contributed by atoms with Crippen molar-refractivity contribution in [1.82, 2.24) is 4.90 Å². The predicted octanol–water partition coefficient (Wildman–Crippen LogP) is 14.6. The van der Waals surface area contributed by atoms with Crippen molar-refractivity contribution in [3.63, 3.8) is 0 Å². The lowest BCUT2D eigenvalue weighted by molar-refractivity contribution is -0.177. The Labute approximate surface area is 401 Å². The van der Waals surface area contributed by atoms with Gasteiger partial charge in [-0.1, -0.05) is 182 Å². The number of rotatable bonds is 47. The minimum atomic E-state index is -0.583. The maximum Gasteiger partial charge on any atom is 0.308 e. The minimum Gasteiger partial charge on any atom is -0.481 e. The number of aliphatic carboxylic acids is 1. The van der Waals surface area contributed by atoms with E-state index >= 15 is 0 Å². The smallest absolute Gasteiger partial charge is 0.308 e. The van der Waals surface area contributed by atoms with Gasteiger partial charge >= 0.3 is 17.9 Å². The van der Waals surface area contributed by atoms with Crippen molar-refractivity contribution in [2.75, 3.05) is 46.6 Å². The standard InChI is InChI=1S/C39H75NO7.C16H32O2/c1-4-6-8-10-11-17-25-35(24-16-9-7-5-2)39(43)45-33-23-15-14-20-30-40(31-21-22-32-41)29-19-13-12-18-26-37(42)47-38-28-27-36(46-38)34-44-3;1-3-5-7-9-10-12-14-15(16(17)18)13-11-8-6-4-2/h35-36,38,41H,4-34H2,1-3H3;15H,3-14H2,1-2H3,(H,17,18). The lowest BCUT2D eigenvalue weighted by atomic mass is 9.94. The van der Waals surface area contributed by atoms with Crippen molar-refractivity contribution in [1.29, 1.82) is 0 Å². The summed E-state index contributed by atoms with van der Waals surface area (Å²) in [5, 5.41) is 18.4. The van der Waals surface area contributed by atoms with Crippen molar-refractivity contribution in [2.24, 2.45) is 11.8 Å². The molecule has 0 aromatic carbocycles. The molecule has 1 aliphatic rings. The highest BCUT2D eigenvalue weighted by Gasteiger charge is 2.28. The van der Waals surface area contributed by atoms with Crippen molar-refractivity contribution < 1.29 is 43.5 Å². The first-order valence-corrected chi connectivity index (χ1v) is 27.8. The number of aliphatic hydroxyl groups is 1. The first kappa shape index (κ1) is 63.2. The molecule has 0 amide bonds. The number of carboxylic acid groups (broad SMARTS) is 1. The summed E-state index contributed by atoms with van der Waals surface area (Å²) in [6, 6.07) is 0. The molecule has 0 saturated carbocycles. The van der Waals surface area contributed by atoms with Gasteiger partial charge in [0.25, 0.3) is 0 Å². The van der Waals surface area contributed by atoms with E-state index in [9.17, 15) is 24.6 Å². The summed E-state index contributed by atoms with van der Waals surface area (Å²) in [6.07, 6.45) is 40.3. The molecule has 10 heteroatoms.